The second-order valence-electron chi connectivity index (χ2n) is 7.06. The molecule has 6 nitrogen and oxygen atoms in total. The number of carboxylic acid groups (broad SMARTS) is 1. The SMILES string of the molecule is CSc1ccc(CC(=O)N2CCC3(CC2)[C@H](C(=O)O)CC(=O)N3C)cc1. The molecule has 0 bridgehead atoms. The lowest BCUT2D eigenvalue weighted by Gasteiger charge is -2.45. The number of carbonyl (C=O) groups excluding carboxylic acids is 2. The molecule has 2 aliphatic heterocycles. The van der Waals surface area contributed by atoms with Crippen LogP contribution in [0.25, 0.3) is 0 Å². The van der Waals surface area contributed by atoms with Crippen molar-refractivity contribution in [3.05, 3.63) is 29.8 Å². The minimum absolute atomic E-state index is 0.0515. The first-order valence-electron chi connectivity index (χ1n) is 8.77. The maximum Gasteiger partial charge on any atom is 0.309 e. The van der Waals surface area contributed by atoms with Crippen LogP contribution in [0.15, 0.2) is 29.2 Å². The zero-order chi connectivity index (χ0) is 18.9. The van der Waals surface area contributed by atoms with Gasteiger partial charge >= 0.3 is 5.97 Å². The molecule has 0 aliphatic carbocycles. The third-order valence-corrected chi connectivity index (χ3v) is 6.61. The van der Waals surface area contributed by atoms with Crippen molar-refractivity contribution in [3.8, 4) is 0 Å². The van der Waals surface area contributed by atoms with E-state index in [0.29, 0.717) is 32.4 Å². The quantitative estimate of drug-likeness (QED) is 0.812. The molecule has 2 aliphatic rings. The molecule has 1 spiro atoms. The number of thioether (sulfide) groups is 1. The molecule has 0 unspecified atom stereocenters. The largest absolute Gasteiger partial charge is 0.481 e. The monoisotopic (exact) mass is 376 g/mol. The molecule has 26 heavy (non-hydrogen) atoms. The molecule has 2 amide bonds. The van der Waals surface area contributed by atoms with Crippen LogP contribution in [0.5, 0.6) is 0 Å². The molecule has 1 aromatic rings. The number of benzene rings is 1. The van der Waals surface area contributed by atoms with Gasteiger partial charge in [0, 0.05) is 31.5 Å². The summed E-state index contributed by atoms with van der Waals surface area (Å²) in [6.45, 7) is 0.978. The van der Waals surface area contributed by atoms with Gasteiger partial charge < -0.3 is 14.9 Å². The van der Waals surface area contributed by atoms with Crippen LogP contribution >= 0.6 is 11.8 Å². The van der Waals surface area contributed by atoms with Gasteiger partial charge in [-0.3, -0.25) is 14.4 Å². The summed E-state index contributed by atoms with van der Waals surface area (Å²) in [6.07, 6.45) is 3.45. The molecule has 0 aromatic heterocycles. The Kier molecular flexibility index (Phi) is 5.27. The number of aliphatic carboxylic acids is 1. The Morgan fingerprint density at radius 2 is 1.85 bits per heavy atom. The van der Waals surface area contributed by atoms with Crippen LogP contribution in [0.1, 0.15) is 24.8 Å². The van der Waals surface area contributed by atoms with E-state index in [9.17, 15) is 19.5 Å². The van der Waals surface area contributed by atoms with Crippen molar-refractivity contribution >= 4 is 29.5 Å². The number of carboxylic acids is 1. The predicted octanol–water partition coefficient (Wildman–Crippen LogP) is 1.88. The van der Waals surface area contributed by atoms with Gasteiger partial charge in [0.05, 0.1) is 17.9 Å². The van der Waals surface area contributed by atoms with Gasteiger partial charge in [-0.2, -0.15) is 0 Å². The van der Waals surface area contributed by atoms with Crippen LogP contribution in [0.4, 0.5) is 0 Å². The fourth-order valence-electron chi connectivity index (χ4n) is 4.16. The minimum Gasteiger partial charge on any atom is -0.481 e. The zero-order valence-electron chi connectivity index (χ0n) is 15.1. The van der Waals surface area contributed by atoms with E-state index in [0.717, 1.165) is 10.5 Å². The molecule has 1 N–H and O–H groups in total. The molecule has 2 fully saturated rings. The van der Waals surface area contributed by atoms with Crippen molar-refractivity contribution in [2.75, 3.05) is 26.4 Å². The second kappa shape index (κ2) is 7.31. The smallest absolute Gasteiger partial charge is 0.309 e. The Labute approximate surface area is 157 Å². The molecular formula is C19H24N2O4S. The molecule has 0 saturated carbocycles. The van der Waals surface area contributed by atoms with E-state index in [1.165, 1.54) is 0 Å². The normalized spacial score (nSPS) is 22.1. The molecule has 0 radical (unpaired) electrons. The van der Waals surface area contributed by atoms with E-state index in [-0.39, 0.29) is 18.2 Å². The first-order valence-corrected chi connectivity index (χ1v) is 10.00. The Bertz CT molecular complexity index is 711. The summed E-state index contributed by atoms with van der Waals surface area (Å²) in [4.78, 5) is 40.8. The van der Waals surface area contributed by atoms with Crippen molar-refractivity contribution in [1.82, 2.24) is 9.80 Å². The average Bonchev–Trinajstić information content (AvgIpc) is 2.88. The molecule has 7 heteroatoms. The van der Waals surface area contributed by atoms with Crippen molar-refractivity contribution < 1.29 is 19.5 Å². The van der Waals surface area contributed by atoms with E-state index in [2.05, 4.69) is 0 Å². The molecule has 1 atom stereocenters. The van der Waals surface area contributed by atoms with E-state index in [1.807, 2.05) is 30.5 Å². The summed E-state index contributed by atoms with van der Waals surface area (Å²) in [5.74, 6) is -1.67. The van der Waals surface area contributed by atoms with Crippen molar-refractivity contribution in [3.63, 3.8) is 0 Å². The second-order valence-corrected chi connectivity index (χ2v) is 7.94. The number of nitrogens with zero attached hydrogens (tertiary/aromatic N) is 2. The van der Waals surface area contributed by atoms with E-state index >= 15 is 0 Å². The van der Waals surface area contributed by atoms with Crippen LogP contribution in [0.2, 0.25) is 0 Å². The van der Waals surface area contributed by atoms with Gasteiger partial charge in [0.1, 0.15) is 0 Å². The van der Waals surface area contributed by atoms with Crippen LogP contribution in [-0.2, 0) is 20.8 Å². The molecule has 3 rings (SSSR count). The topological polar surface area (TPSA) is 77.9 Å². The summed E-state index contributed by atoms with van der Waals surface area (Å²) in [5.41, 5.74) is 0.323. The number of carbonyl (C=O) groups is 3. The lowest BCUT2D eigenvalue weighted by molar-refractivity contribution is -0.146. The summed E-state index contributed by atoms with van der Waals surface area (Å²) in [7, 11) is 1.69. The number of hydrogen-bond donors (Lipinski definition) is 1. The highest BCUT2D eigenvalue weighted by atomic mass is 32.2. The third kappa shape index (κ3) is 3.32. The van der Waals surface area contributed by atoms with Crippen molar-refractivity contribution in [2.24, 2.45) is 5.92 Å². The van der Waals surface area contributed by atoms with Gasteiger partial charge in [0.15, 0.2) is 0 Å². The number of amides is 2. The molecular weight excluding hydrogens is 352 g/mol. The number of likely N-dealkylation sites (tertiary alicyclic amines) is 2. The fourth-order valence-corrected chi connectivity index (χ4v) is 4.57. The van der Waals surface area contributed by atoms with Gasteiger partial charge in [0.2, 0.25) is 11.8 Å². The minimum atomic E-state index is -0.920. The summed E-state index contributed by atoms with van der Waals surface area (Å²) >= 11 is 1.66. The number of piperidine rings is 1. The average molecular weight is 376 g/mol. The van der Waals surface area contributed by atoms with Gasteiger partial charge in [-0.15, -0.1) is 11.8 Å². The Balaban J connectivity index is 1.64. The summed E-state index contributed by atoms with van der Waals surface area (Å²) in [6, 6.07) is 7.96. The van der Waals surface area contributed by atoms with Crippen LogP contribution in [-0.4, -0.2) is 64.6 Å². The molecule has 1 aromatic carbocycles. The highest BCUT2D eigenvalue weighted by Gasteiger charge is 2.55. The van der Waals surface area contributed by atoms with Crippen LogP contribution < -0.4 is 0 Å². The fraction of sp³-hybridized carbons (Fsp3) is 0.526. The van der Waals surface area contributed by atoms with Crippen LogP contribution in [0.3, 0.4) is 0 Å². The standard InChI is InChI=1S/C19H24N2O4S/c1-20-16(22)12-15(18(24)25)19(20)7-9-21(10-8-19)17(23)11-13-3-5-14(26-2)6-4-13/h3-6,15H,7-12H2,1-2H3,(H,24,25)/t15-/m0/s1. The summed E-state index contributed by atoms with van der Waals surface area (Å²) < 4.78 is 0. The predicted molar refractivity (Wildman–Crippen MR) is 99.0 cm³/mol. The Morgan fingerprint density at radius 1 is 1.23 bits per heavy atom. The number of hydrogen-bond acceptors (Lipinski definition) is 4. The lowest BCUT2D eigenvalue weighted by Crippen LogP contribution is -2.57. The Morgan fingerprint density at radius 3 is 2.38 bits per heavy atom. The number of rotatable bonds is 4. The van der Waals surface area contributed by atoms with Gasteiger partial charge in [-0.1, -0.05) is 12.1 Å². The van der Waals surface area contributed by atoms with Crippen LogP contribution in [0, 0.1) is 5.92 Å². The zero-order valence-corrected chi connectivity index (χ0v) is 15.9. The first-order chi connectivity index (χ1) is 12.4. The van der Waals surface area contributed by atoms with Crippen molar-refractivity contribution in [1.29, 1.82) is 0 Å². The van der Waals surface area contributed by atoms with Gasteiger partial charge in [-0.05, 0) is 36.8 Å². The third-order valence-electron chi connectivity index (χ3n) is 5.86. The Hall–Kier alpha value is -2.02. The highest BCUT2D eigenvalue weighted by Crippen LogP contribution is 2.42. The highest BCUT2D eigenvalue weighted by molar-refractivity contribution is 7.98. The van der Waals surface area contributed by atoms with Gasteiger partial charge in [0.25, 0.3) is 0 Å². The maximum atomic E-state index is 12.6. The van der Waals surface area contributed by atoms with Crippen molar-refractivity contribution in [2.45, 2.75) is 36.1 Å². The molecule has 2 saturated heterocycles. The van der Waals surface area contributed by atoms with Gasteiger partial charge in [-0.25, -0.2) is 0 Å². The van der Waals surface area contributed by atoms with E-state index in [4.69, 9.17) is 0 Å². The van der Waals surface area contributed by atoms with E-state index < -0.39 is 17.4 Å². The maximum absolute atomic E-state index is 12.6. The molecule has 2 heterocycles. The lowest BCUT2D eigenvalue weighted by atomic mass is 9.77. The molecule has 140 valence electrons. The first kappa shape index (κ1) is 18.8. The summed E-state index contributed by atoms with van der Waals surface area (Å²) in [5, 5.41) is 9.52. The van der Waals surface area contributed by atoms with E-state index in [1.54, 1.807) is 28.6 Å².